The highest BCUT2D eigenvalue weighted by Crippen LogP contribution is 2.17. The second-order valence-electron chi connectivity index (χ2n) is 4.28. The molecule has 6 heteroatoms. The topological polar surface area (TPSA) is 67.4 Å². The summed E-state index contributed by atoms with van der Waals surface area (Å²) in [6, 6.07) is 5.10. The zero-order valence-corrected chi connectivity index (χ0v) is 12.8. The number of hydrogen-bond donors (Lipinski definition) is 2. The SMILES string of the molecule is CNCCCC(=O)Nc1cc(C(=O)OC)ccc1C.Cl. The second kappa shape index (κ2) is 9.34. The van der Waals surface area contributed by atoms with Crippen LogP contribution in [0.5, 0.6) is 0 Å². The third-order valence-electron chi connectivity index (χ3n) is 2.76. The van der Waals surface area contributed by atoms with Gasteiger partial charge in [0, 0.05) is 12.1 Å². The summed E-state index contributed by atoms with van der Waals surface area (Å²) in [7, 11) is 3.18. The Morgan fingerprint density at radius 2 is 2.00 bits per heavy atom. The molecule has 0 bridgehead atoms. The highest BCUT2D eigenvalue weighted by molar-refractivity contribution is 5.95. The normalized spacial score (nSPS) is 9.55. The van der Waals surface area contributed by atoms with Crippen LogP contribution >= 0.6 is 12.4 Å². The number of methoxy groups -OCH3 is 1. The first kappa shape index (κ1) is 18.4. The molecule has 5 nitrogen and oxygen atoms in total. The average Bonchev–Trinajstić information content (AvgIpc) is 2.40. The van der Waals surface area contributed by atoms with Crippen molar-refractivity contribution in [2.24, 2.45) is 0 Å². The lowest BCUT2D eigenvalue weighted by atomic mass is 10.1. The van der Waals surface area contributed by atoms with Crippen LogP contribution in [0.3, 0.4) is 0 Å². The minimum Gasteiger partial charge on any atom is -0.465 e. The predicted octanol–water partition coefficient (Wildman–Crippen LogP) is 2.14. The van der Waals surface area contributed by atoms with Gasteiger partial charge >= 0.3 is 5.97 Å². The van der Waals surface area contributed by atoms with E-state index in [1.165, 1.54) is 7.11 Å². The molecule has 1 aromatic carbocycles. The van der Waals surface area contributed by atoms with Gasteiger partial charge in [-0.05, 0) is 44.6 Å². The molecule has 0 atom stereocenters. The van der Waals surface area contributed by atoms with Crippen molar-refractivity contribution in [3.63, 3.8) is 0 Å². The molecule has 112 valence electrons. The van der Waals surface area contributed by atoms with Gasteiger partial charge < -0.3 is 15.4 Å². The third-order valence-corrected chi connectivity index (χ3v) is 2.76. The lowest BCUT2D eigenvalue weighted by Gasteiger charge is -2.10. The fourth-order valence-corrected chi connectivity index (χ4v) is 1.64. The van der Waals surface area contributed by atoms with Gasteiger partial charge in [-0.1, -0.05) is 6.07 Å². The molecule has 0 aliphatic heterocycles. The van der Waals surface area contributed by atoms with Crippen LogP contribution in [0.15, 0.2) is 18.2 Å². The van der Waals surface area contributed by atoms with Crippen LogP contribution in [0.25, 0.3) is 0 Å². The van der Waals surface area contributed by atoms with Gasteiger partial charge in [0.25, 0.3) is 0 Å². The van der Waals surface area contributed by atoms with Crippen LogP contribution in [0.1, 0.15) is 28.8 Å². The molecule has 0 fully saturated rings. The summed E-state index contributed by atoms with van der Waals surface area (Å²) in [5.74, 6) is -0.467. The molecule has 20 heavy (non-hydrogen) atoms. The van der Waals surface area contributed by atoms with Crippen LogP contribution in [-0.4, -0.2) is 32.6 Å². The van der Waals surface area contributed by atoms with Crippen molar-refractivity contribution in [1.29, 1.82) is 0 Å². The summed E-state index contributed by atoms with van der Waals surface area (Å²) < 4.78 is 4.66. The van der Waals surface area contributed by atoms with E-state index in [2.05, 4.69) is 15.4 Å². The number of rotatable bonds is 6. The van der Waals surface area contributed by atoms with Gasteiger partial charge in [0.2, 0.25) is 5.91 Å². The lowest BCUT2D eigenvalue weighted by Crippen LogP contribution is -2.16. The van der Waals surface area contributed by atoms with Crippen molar-refractivity contribution in [2.45, 2.75) is 19.8 Å². The van der Waals surface area contributed by atoms with Gasteiger partial charge in [-0.3, -0.25) is 4.79 Å². The Bertz CT molecular complexity index is 464. The van der Waals surface area contributed by atoms with Crippen LogP contribution < -0.4 is 10.6 Å². The summed E-state index contributed by atoms with van der Waals surface area (Å²) in [4.78, 5) is 23.2. The van der Waals surface area contributed by atoms with E-state index >= 15 is 0 Å². The van der Waals surface area contributed by atoms with Gasteiger partial charge in [-0.25, -0.2) is 4.79 Å². The fraction of sp³-hybridized carbons (Fsp3) is 0.429. The molecule has 0 unspecified atom stereocenters. The molecule has 0 aliphatic carbocycles. The maximum Gasteiger partial charge on any atom is 0.337 e. The standard InChI is InChI=1S/C14H20N2O3.ClH/c1-10-6-7-11(14(18)19-3)9-12(10)16-13(17)5-4-8-15-2;/h6-7,9,15H,4-5,8H2,1-3H3,(H,16,17);1H. The van der Waals surface area contributed by atoms with E-state index < -0.39 is 5.97 Å². The molecule has 1 aromatic rings. The molecule has 0 spiro atoms. The Hall–Kier alpha value is -1.59. The van der Waals surface area contributed by atoms with Crippen molar-refractivity contribution >= 4 is 30.0 Å². The van der Waals surface area contributed by atoms with E-state index in [0.717, 1.165) is 18.5 Å². The van der Waals surface area contributed by atoms with Crippen molar-refractivity contribution in [3.8, 4) is 0 Å². The maximum atomic E-state index is 11.7. The van der Waals surface area contributed by atoms with E-state index in [-0.39, 0.29) is 18.3 Å². The number of halogens is 1. The van der Waals surface area contributed by atoms with Gasteiger partial charge in [-0.15, -0.1) is 12.4 Å². The van der Waals surface area contributed by atoms with Crippen molar-refractivity contribution in [3.05, 3.63) is 29.3 Å². The number of nitrogens with one attached hydrogen (secondary N) is 2. The molecule has 0 heterocycles. The van der Waals surface area contributed by atoms with Crippen molar-refractivity contribution in [1.82, 2.24) is 5.32 Å². The van der Waals surface area contributed by atoms with Crippen LogP contribution in [-0.2, 0) is 9.53 Å². The summed E-state index contributed by atoms with van der Waals surface area (Å²) >= 11 is 0. The zero-order valence-electron chi connectivity index (χ0n) is 12.0. The largest absolute Gasteiger partial charge is 0.465 e. The number of benzene rings is 1. The molecule has 2 N–H and O–H groups in total. The van der Waals surface area contributed by atoms with E-state index in [1.807, 2.05) is 14.0 Å². The number of ether oxygens (including phenoxy) is 1. The van der Waals surface area contributed by atoms with E-state index in [0.29, 0.717) is 17.7 Å². The highest BCUT2D eigenvalue weighted by Gasteiger charge is 2.10. The quantitative estimate of drug-likeness (QED) is 0.624. The molecule has 1 amide bonds. The van der Waals surface area contributed by atoms with E-state index in [1.54, 1.807) is 18.2 Å². The Morgan fingerprint density at radius 1 is 1.30 bits per heavy atom. The summed E-state index contributed by atoms with van der Waals surface area (Å²) in [6.45, 7) is 2.68. The molecule has 0 saturated heterocycles. The Labute approximate surface area is 125 Å². The van der Waals surface area contributed by atoms with E-state index in [4.69, 9.17) is 0 Å². The maximum absolute atomic E-state index is 11.7. The van der Waals surface area contributed by atoms with Crippen molar-refractivity contribution < 1.29 is 14.3 Å². The molecule has 0 saturated carbocycles. The molecule has 1 rings (SSSR count). The number of hydrogen-bond acceptors (Lipinski definition) is 4. The number of carbonyl (C=O) groups excluding carboxylic acids is 2. The van der Waals surface area contributed by atoms with Gasteiger partial charge in [0.05, 0.1) is 12.7 Å². The first-order valence-corrected chi connectivity index (χ1v) is 6.22. The number of amides is 1. The molecule has 0 radical (unpaired) electrons. The first-order chi connectivity index (χ1) is 9.08. The zero-order chi connectivity index (χ0) is 14.3. The van der Waals surface area contributed by atoms with Gasteiger partial charge in [0.15, 0.2) is 0 Å². The monoisotopic (exact) mass is 300 g/mol. The minimum absolute atomic E-state index is 0. The second-order valence-corrected chi connectivity index (χ2v) is 4.28. The van der Waals surface area contributed by atoms with Crippen molar-refractivity contribution in [2.75, 3.05) is 26.0 Å². The predicted molar refractivity (Wildman–Crippen MR) is 81.6 cm³/mol. The molecule has 0 aliphatic rings. The minimum atomic E-state index is -0.411. The van der Waals surface area contributed by atoms with E-state index in [9.17, 15) is 9.59 Å². The number of esters is 1. The van der Waals surface area contributed by atoms with Crippen LogP contribution in [0.2, 0.25) is 0 Å². The van der Waals surface area contributed by atoms with Gasteiger partial charge in [-0.2, -0.15) is 0 Å². The van der Waals surface area contributed by atoms with Crippen LogP contribution in [0.4, 0.5) is 5.69 Å². The van der Waals surface area contributed by atoms with Crippen LogP contribution in [0, 0.1) is 6.92 Å². The number of aryl methyl sites for hydroxylation is 1. The Balaban J connectivity index is 0.00000361. The van der Waals surface area contributed by atoms with Gasteiger partial charge in [0.1, 0.15) is 0 Å². The smallest absolute Gasteiger partial charge is 0.337 e. The Morgan fingerprint density at radius 3 is 2.60 bits per heavy atom. The summed E-state index contributed by atoms with van der Waals surface area (Å²) in [5, 5.41) is 5.80. The summed E-state index contributed by atoms with van der Waals surface area (Å²) in [6.07, 6.45) is 1.22. The first-order valence-electron chi connectivity index (χ1n) is 6.22. The number of anilines is 1. The average molecular weight is 301 g/mol. The fourth-order valence-electron chi connectivity index (χ4n) is 1.64. The molecular weight excluding hydrogens is 280 g/mol. The third kappa shape index (κ3) is 5.59. The molecular formula is C14H21ClN2O3. The lowest BCUT2D eigenvalue weighted by molar-refractivity contribution is -0.116. The highest BCUT2D eigenvalue weighted by atomic mass is 35.5. The number of carbonyl (C=O) groups is 2. The molecule has 0 aromatic heterocycles. The summed E-state index contributed by atoms with van der Waals surface area (Å²) in [5.41, 5.74) is 1.99. The Kier molecular flexibility index (Phi) is 8.59.